The molecule has 0 fully saturated rings. The molecule has 2 aromatic carbocycles. The summed E-state index contributed by atoms with van der Waals surface area (Å²) in [5.41, 5.74) is 5.08. The molecule has 0 heterocycles. The molecule has 4 nitrogen and oxygen atoms in total. The van der Waals surface area contributed by atoms with Gasteiger partial charge in [-0.2, -0.15) is 0 Å². The third-order valence-corrected chi connectivity index (χ3v) is 4.78. The largest absolute Gasteiger partial charge is 0.350 e. The van der Waals surface area contributed by atoms with E-state index < -0.39 is 6.04 Å². The molecular weight excluding hydrogens is 360 g/mol. The van der Waals surface area contributed by atoms with Crippen LogP contribution in [0.15, 0.2) is 42.5 Å². The van der Waals surface area contributed by atoms with E-state index >= 15 is 0 Å². The van der Waals surface area contributed by atoms with Crippen molar-refractivity contribution in [2.24, 2.45) is 0 Å². The molecule has 0 aromatic heterocycles. The van der Waals surface area contributed by atoms with Crippen LogP contribution in [-0.4, -0.2) is 28.3 Å². The molecule has 4 heteroatoms. The number of hydrogen-bond donors (Lipinski definition) is 1. The first-order valence-electron chi connectivity index (χ1n) is 10.2. The third kappa shape index (κ3) is 7.04. The molecule has 29 heavy (non-hydrogen) atoms. The van der Waals surface area contributed by atoms with E-state index in [1.165, 1.54) is 5.56 Å². The van der Waals surface area contributed by atoms with Gasteiger partial charge in [-0.1, -0.05) is 59.2 Å². The van der Waals surface area contributed by atoms with Crippen LogP contribution in [0.2, 0.25) is 0 Å². The van der Waals surface area contributed by atoms with Gasteiger partial charge in [0, 0.05) is 12.1 Å². The van der Waals surface area contributed by atoms with E-state index in [1.54, 1.807) is 11.8 Å². The maximum Gasteiger partial charge on any atom is 0.242 e. The van der Waals surface area contributed by atoms with Crippen molar-refractivity contribution in [2.45, 2.75) is 73.0 Å². The van der Waals surface area contributed by atoms with Crippen LogP contribution in [0.25, 0.3) is 0 Å². The Hall–Kier alpha value is -2.62. The Bertz CT molecular complexity index is 843. The molecule has 0 spiro atoms. The van der Waals surface area contributed by atoms with Crippen LogP contribution in [0.4, 0.5) is 0 Å². The van der Waals surface area contributed by atoms with Crippen LogP contribution in [0.5, 0.6) is 0 Å². The van der Waals surface area contributed by atoms with E-state index in [4.69, 9.17) is 0 Å². The topological polar surface area (TPSA) is 49.4 Å². The summed E-state index contributed by atoms with van der Waals surface area (Å²) < 4.78 is 0. The zero-order valence-corrected chi connectivity index (χ0v) is 18.8. The first kappa shape index (κ1) is 22.7. The molecule has 1 atom stereocenters. The predicted molar refractivity (Wildman–Crippen MR) is 119 cm³/mol. The first-order chi connectivity index (χ1) is 13.4. The summed E-state index contributed by atoms with van der Waals surface area (Å²) in [5, 5.41) is 3.00. The van der Waals surface area contributed by atoms with Crippen molar-refractivity contribution in [3.63, 3.8) is 0 Å². The zero-order valence-electron chi connectivity index (χ0n) is 18.8. The Morgan fingerprint density at radius 3 is 1.97 bits per heavy atom. The lowest BCUT2D eigenvalue weighted by Gasteiger charge is -2.31. The van der Waals surface area contributed by atoms with Crippen molar-refractivity contribution in [1.29, 1.82) is 0 Å². The lowest BCUT2D eigenvalue weighted by molar-refractivity contribution is -0.140. The van der Waals surface area contributed by atoms with Gasteiger partial charge in [-0.05, 0) is 59.6 Å². The molecular formula is C25H34N2O2. The summed E-state index contributed by atoms with van der Waals surface area (Å²) in [4.78, 5) is 27.8. The number of amides is 2. The van der Waals surface area contributed by atoms with Crippen molar-refractivity contribution in [2.75, 3.05) is 0 Å². The lowest BCUT2D eigenvalue weighted by atomic mass is 10.0. The van der Waals surface area contributed by atoms with E-state index in [-0.39, 0.29) is 23.8 Å². The summed E-state index contributed by atoms with van der Waals surface area (Å²) in [5.74, 6) is -0.189. The van der Waals surface area contributed by atoms with Gasteiger partial charge < -0.3 is 10.2 Å². The minimum absolute atomic E-state index is 0.0489. The number of rotatable bonds is 6. The van der Waals surface area contributed by atoms with Gasteiger partial charge in [-0.3, -0.25) is 9.59 Å². The summed E-state index contributed by atoms with van der Waals surface area (Å²) in [6.07, 6.45) is 0.279. The number of carbonyl (C=O) groups excluding carboxylic acids is 2. The molecule has 1 unspecified atom stereocenters. The molecule has 1 N–H and O–H groups in total. The molecule has 2 rings (SSSR count). The van der Waals surface area contributed by atoms with Crippen LogP contribution < -0.4 is 5.32 Å². The average Bonchev–Trinajstić information content (AvgIpc) is 2.58. The number of nitrogens with zero attached hydrogens (tertiary/aromatic N) is 1. The van der Waals surface area contributed by atoms with Gasteiger partial charge in [0.15, 0.2) is 0 Å². The molecule has 0 radical (unpaired) electrons. The van der Waals surface area contributed by atoms with Gasteiger partial charge in [0.1, 0.15) is 6.04 Å². The Kier molecular flexibility index (Phi) is 7.23. The van der Waals surface area contributed by atoms with Crippen LogP contribution >= 0.6 is 0 Å². The first-order valence-corrected chi connectivity index (χ1v) is 10.2. The Morgan fingerprint density at radius 1 is 0.897 bits per heavy atom. The highest BCUT2D eigenvalue weighted by Gasteiger charge is 2.28. The summed E-state index contributed by atoms with van der Waals surface area (Å²) in [6, 6.07) is 13.7. The highest BCUT2D eigenvalue weighted by Crippen LogP contribution is 2.16. The number of hydrogen-bond acceptors (Lipinski definition) is 2. The van der Waals surface area contributed by atoms with Crippen molar-refractivity contribution in [3.8, 4) is 0 Å². The van der Waals surface area contributed by atoms with Gasteiger partial charge in [-0.25, -0.2) is 0 Å². The predicted octanol–water partition coefficient (Wildman–Crippen LogP) is 4.49. The van der Waals surface area contributed by atoms with E-state index in [0.717, 1.165) is 22.3 Å². The molecule has 2 aromatic rings. The average molecular weight is 395 g/mol. The highest BCUT2D eigenvalue weighted by molar-refractivity contribution is 5.88. The van der Waals surface area contributed by atoms with Crippen molar-refractivity contribution in [3.05, 3.63) is 70.3 Å². The Balaban J connectivity index is 2.27. The van der Waals surface area contributed by atoms with Gasteiger partial charge in [0.2, 0.25) is 11.8 Å². The maximum absolute atomic E-state index is 13.3. The molecule has 0 bridgehead atoms. The van der Waals surface area contributed by atoms with Crippen LogP contribution in [-0.2, 0) is 22.6 Å². The second kappa shape index (κ2) is 9.25. The van der Waals surface area contributed by atoms with E-state index in [0.29, 0.717) is 6.54 Å². The standard InChI is InChI=1S/C25H34N2O2/c1-17-8-10-21(11-9-17)16-27(20(4)24(29)26-25(5,6)7)23(28)15-22-13-18(2)12-19(3)14-22/h8-14,20H,15-16H2,1-7H3,(H,26,29). The van der Waals surface area contributed by atoms with E-state index in [1.807, 2.05) is 77.9 Å². The normalized spacial score (nSPS) is 12.4. The fraction of sp³-hybridized carbons (Fsp3) is 0.440. The van der Waals surface area contributed by atoms with E-state index in [2.05, 4.69) is 11.4 Å². The minimum atomic E-state index is -0.561. The fourth-order valence-corrected chi connectivity index (χ4v) is 3.39. The van der Waals surface area contributed by atoms with Gasteiger partial charge >= 0.3 is 0 Å². The Morgan fingerprint density at radius 2 is 1.45 bits per heavy atom. The molecule has 0 aliphatic heterocycles. The minimum Gasteiger partial charge on any atom is -0.350 e. The lowest BCUT2D eigenvalue weighted by Crippen LogP contribution is -2.52. The smallest absolute Gasteiger partial charge is 0.242 e. The van der Waals surface area contributed by atoms with Gasteiger partial charge in [-0.15, -0.1) is 0 Å². The molecule has 0 aliphatic rings. The molecule has 2 amide bonds. The molecule has 0 saturated carbocycles. The van der Waals surface area contributed by atoms with Crippen molar-refractivity contribution >= 4 is 11.8 Å². The number of carbonyl (C=O) groups is 2. The number of nitrogens with one attached hydrogen (secondary N) is 1. The maximum atomic E-state index is 13.3. The van der Waals surface area contributed by atoms with Crippen LogP contribution in [0.3, 0.4) is 0 Å². The third-order valence-electron chi connectivity index (χ3n) is 4.78. The highest BCUT2D eigenvalue weighted by atomic mass is 16.2. The monoisotopic (exact) mass is 394 g/mol. The summed E-state index contributed by atoms with van der Waals surface area (Å²) >= 11 is 0. The summed E-state index contributed by atoms with van der Waals surface area (Å²) in [6.45, 7) is 14.1. The van der Waals surface area contributed by atoms with Crippen LogP contribution in [0.1, 0.15) is 55.5 Å². The van der Waals surface area contributed by atoms with Gasteiger partial charge in [0.25, 0.3) is 0 Å². The van der Waals surface area contributed by atoms with E-state index in [9.17, 15) is 9.59 Å². The zero-order chi connectivity index (χ0) is 21.8. The quantitative estimate of drug-likeness (QED) is 0.785. The Labute approximate surface area is 175 Å². The molecule has 0 saturated heterocycles. The van der Waals surface area contributed by atoms with Crippen molar-refractivity contribution in [1.82, 2.24) is 10.2 Å². The van der Waals surface area contributed by atoms with Crippen LogP contribution in [0, 0.1) is 20.8 Å². The second-order valence-corrected chi connectivity index (χ2v) is 9.10. The number of benzene rings is 2. The second-order valence-electron chi connectivity index (χ2n) is 9.10. The molecule has 156 valence electrons. The van der Waals surface area contributed by atoms with Gasteiger partial charge in [0.05, 0.1) is 6.42 Å². The summed E-state index contributed by atoms with van der Waals surface area (Å²) in [7, 11) is 0. The van der Waals surface area contributed by atoms with Crippen molar-refractivity contribution < 1.29 is 9.59 Å². The number of aryl methyl sites for hydroxylation is 3. The SMILES string of the molecule is Cc1ccc(CN(C(=O)Cc2cc(C)cc(C)c2)C(C)C(=O)NC(C)(C)C)cc1. The fourth-order valence-electron chi connectivity index (χ4n) is 3.39. The molecule has 0 aliphatic carbocycles.